The summed E-state index contributed by atoms with van der Waals surface area (Å²) in [5, 5.41) is 16.6. The molecule has 1 aromatic carbocycles. The van der Waals surface area contributed by atoms with Crippen molar-refractivity contribution in [2.75, 3.05) is 25.1 Å². The molecule has 0 saturated heterocycles. The Kier molecular flexibility index (Phi) is 5.19. The molecule has 5 heteroatoms. The van der Waals surface area contributed by atoms with Gasteiger partial charge in [0.1, 0.15) is 0 Å². The smallest absolute Gasteiger partial charge is 0.253 e. The fraction of sp³-hybridized carbons (Fsp3) is 0.579. The maximum Gasteiger partial charge on any atom is 0.253 e. The minimum Gasteiger partial charge on any atom is -0.393 e. The molecule has 0 radical (unpaired) electrons. The van der Waals surface area contributed by atoms with E-state index in [9.17, 15) is 9.90 Å². The molecule has 2 atom stereocenters. The summed E-state index contributed by atoms with van der Waals surface area (Å²) in [6.07, 6.45) is 4.82. The van der Waals surface area contributed by atoms with Crippen molar-refractivity contribution in [3.63, 3.8) is 0 Å². The van der Waals surface area contributed by atoms with E-state index in [-0.39, 0.29) is 17.9 Å². The second-order valence-corrected chi connectivity index (χ2v) is 7.05. The second-order valence-electron chi connectivity index (χ2n) is 7.05. The first-order valence-corrected chi connectivity index (χ1v) is 8.90. The molecule has 0 spiro atoms. The van der Waals surface area contributed by atoms with Crippen LogP contribution in [0.1, 0.15) is 49.4 Å². The van der Waals surface area contributed by atoms with Gasteiger partial charge in [0, 0.05) is 43.8 Å². The second kappa shape index (κ2) is 7.34. The van der Waals surface area contributed by atoms with Crippen LogP contribution in [0.3, 0.4) is 0 Å². The first kappa shape index (κ1) is 17.0. The van der Waals surface area contributed by atoms with Gasteiger partial charge < -0.3 is 10.0 Å². The van der Waals surface area contributed by atoms with Crippen LogP contribution in [0.5, 0.6) is 0 Å². The summed E-state index contributed by atoms with van der Waals surface area (Å²) >= 11 is 0. The summed E-state index contributed by atoms with van der Waals surface area (Å²) in [6, 6.07) is 7.65. The molecule has 2 aliphatic rings. The van der Waals surface area contributed by atoms with Crippen LogP contribution in [0.4, 0.5) is 5.69 Å². The number of carbonyl (C=O) groups is 1. The van der Waals surface area contributed by atoms with Gasteiger partial charge in [-0.1, -0.05) is 12.8 Å². The predicted octanol–water partition coefficient (Wildman–Crippen LogP) is 2.90. The molecular weight excluding hydrogens is 302 g/mol. The van der Waals surface area contributed by atoms with Crippen molar-refractivity contribution in [1.82, 2.24) is 4.90 Å². The molecular formula is C19H27N3O2. The van der Waals surface area contributed by atoms with E-state index in [0.717, 1.165) is 50.0 Å². The molecule has 1 fully saturated rings. The van der Waals surface area contributed by atoms with Gasteiger partial charge >= 0.3 is 0 Å². The number of aliphatic hydroxyl groups excluding tert-OH is 1. The van der Waals surface area contributed by atoms with E-state index in [1.165, 1.54) is 0 Å². The average Bonchev–Trinajstić information content (AvgIpc) is 3.03. The Morgan fingerprint density at radius 2 is 2.00 bits per heavy atom. The zero-order chi connectivity index (χ0) is 17.1. The summed E-state index contributed by atoms with van der Waals surface area (Å²) in [5.41, 5.74) is 2.85. The number of rotatable bonds is 4. The van der Waals surface area contributed by atoms with Gasteiger partial charge in [0.05, 0.1) is 11.8 Å². The first-order chi connectivity index (χ1) is 11.5. The molecule has 0 aromatic heterocycles. The van der Waals surface area contributed by atoms with Gasteiger partial charge in [-0.2, -0.15) is 5.10 Å². The Balaban J connectivity index is 1.62. The van der Waals surface area contributed by atoms with Crippen LogP contribution in [0.2, 0.25) is 0 Å². The lowest BCUT2D eigenvalue weighted by atomic mass is 9.86. The number of nitrogens with zero attached hydrogens (tertiary/aromatic N) is 3. The maximum absolute atomic E-state index is 12.6. The van der Waals surface area contributed by atoms with E-state index in [1.807, 2.05) is 43.2 Å². The van der Waals surface area contributed by atoms with Gasteiger partial charge in [0.25, 0.3) is 5.91 Å². The topological polar surface area (TPSA) is 56.1 Å². The first-order valence-electron chi connectivity index (χ1n) is 8.90. The lowest BCUT2D eigenvalue weighted by molar-refractivity contribution is 0.0451. The van der Waals surface area contributed by atoms with Crippen molar-refractivity contribution >= 4 is 17.3 Å². The lowest BCUT2D eigenvalue weighted by Gasteiger charge is -2.31. The molecule has 24 heavy (non-hydrogen) atoms. The number of hydrogen-bond acceptors (Lipinski definition) is 4. The molecule has 1 aliphatic heterocycles. The van der Waals surface area contributed by atoms with Crippen LogP contribution in [-0.4, -0.2) is 47.9 Å². The lowest BCUT2D eigenvalue weighted by Crippen LogP contribution is -2.38. The van der Waals surface area contributed by atoms with Gasteiger partial charge in [-0.25, -0.2) is 0 Å². The Hall–Kier alpha value is -1.88. The summed E-state index contributed by atoms with van der Waals surface area (Å²) in [7, 11) is 1.83. The molecule has 0 bridgehead atoms. The number of hydrogen-bond donors (Lipinski definition) is 1. The quantitative estimate of drug-likeness (QED) is 0.924. The standard InChI is InChI=1S/C19H27N3O2/c1-14-11-12-22(20-14)17-9-7-15(8-10-17)19(24)21(2)13-16-5-3-4-6-18(16)23/h7-10,16,18,23H,3-6,11-13H2,1-2H3. The monoisotopic (exact) mass is 329 g/mol. The average molecular weight is 329 g/mol. The minimum atomic E-state index is -0.271. The van der Waals surface area contributed by atoms with Gasteiger partial charge in [-0.3, -0.25) is 9.80 Å². The van der Waals surface area contributed by atoms with Crippen LogP contribution in [-0.2, 0) is 0 Å². The van der Waals surface area contributed by atoms with Crippen molar-refractivity contribution in [2.45, 2.75) is 45.1 Å². The van der Waals surface area contributed by atoms with Crippen LogP contribution >= 0.6 is 0 Å². The molecule has 5 nitrogen and oxygen atoms in total. The van der Waals surface area contributed by atoms with Gasteiger partial charge in [-0.05, 0) is 44.0 Å². The highest BCUT2D eigenvalue weighted by Gasteiger charge is 2.26. The van der Waals surface area contributed by atoms with E-state index >= 15 is 0 Å². The largest absolute Gasteiger partial charge is 0.393 e. The predicted molar refractivity (Wildman–Crippen MR) is 96.4 cm³/mol. The zero-order valence-corrected chi connectivity index (χ0v) is 14.6. The number of anilines is 1. The Labute approximate surface area is 144 Å². The highest BCUT2D eigenvalue weighted by molar-refractivity contribution is 5.94. The Morgan fingerprint density at radius 3 is 2.62 bits per heavy atom. The van der Waals surface area contributed by atoms with Crippen molar-refractivity contribution < 1.29 is 9.90 Å². The van der Waals surface area contributed by atoms with Crippen LogP contribution < -0.4 is 5.01 Å². The van der Waals surface area contributed by atoms with Crippen molar-refractivity contribution in [1.29, 1.82) is 0 Å². The van der Waals surface area contributed by atoms with E-state index in [2.05, 4.69) is 5.10 Å². The highest BCUT2D eigenvalue weighted by Crippen LogP contribution is 2.25. The SMILES string of the molecule is CC1=NN(c2ccc(C(=O)N(C)CC3CCCCC3O)cc2)CC1. The molecule has 2 unspecified atom stereocenters. The molecule has 1 aromatic rings. The van der Waals surface area contributed by atoms with Gasteiger partial charge in [-0.15, -0.1) is 0 Å². The normalized spacial score (nSPS) is 24.0. The third-order valence-electron chi connectivity index (χ3n) is 5.11. The number of aliphatic hydroxyl groups is 1. The number of amides is 1. The summed E-state index contributed by atoms with van der Waals surface area (Å²) in [4.78, 5) is 14.4. The van der Waals surface area contributed by atoms with Crippen LogP contribution in [0, 0.1) is 5.92 Å². The van der Waals surface area contributed by atoms with Gasteiger partial charge in [0.2, 0.25) is 0 Å². The van der Waals surface area contributed by atoms with Crippen molar-refractivity contribution in [3.8, 4) is 0 Å². The summed E-state index contributed by atoms with van der Waals surface area (Å²) in [6.45, 7) is 3.56. The molecule has 1 aliphatic carbocycles. The van der Waals surface area contributed by atoms with E-state index in [0.29, 0.717) is 12.1 Å². The number of hydrazone groups is 1. The van der Waals surface area contributed by atoms with Crippen LogP contribution in [0.25, 0.3) is 0 Å². The number of benzene rings is 1. The third-order valence-corrected chi connectivity index (χ3v) is 5.11. The van der Waals surface area contributed by atoms with Crippen molar-refractivity contribution in [3.05, 3.63) is 29.8 Å². The Morgan fingerprint density at radius 1 is 1.29 bits per heavy atom. The molecule has 1 N–H and O–H groups in total. The Bertz CT molecular complexity index is 612. The number of carbonyl (C=O) groups excluding carboxylic acids is 1. The third kappa shape index (κ3) is 3.78. The molecule has 130 valence electrons. The fourth-order valence-electron chi connectivity index (χ4n) is 3.59. The van der Waals surface area contributed by atoms with Gasteiger partial charge in [0.15, 0.2) is 0 Å². The van der Waals surface area contributed by atoms with E-state index in [1.54, 1.807) is 4.90 Å². The maximum atomic E-state index is 12.6. The van der Waals surface area contributed by atoms with E-state index < -0.39 is 0 Å². The highest BCUT2D eigenvalue weighted by atomic mass is 16.3. The molecule has 1 amide bonds. The van der Waals surface area contributed by atoms with Crippen LogP contribution in [0.15, 0.2) is 29.4 Å². The van der Waals surface area contributed by atoms with E-state index in [4.69, 9.17) is 0 Å². The van der Waals surface area contributed by atoms with Crippen molar-refractivity contribution in [2.24, 2.45) is 11.0 Å². The summed E-state index contributed by atoms with van der Waals surface area (Å²) < 4.78 is 0. The fourth-order valence-corrected chi connectivity index (χ4v) is 3.59. The summed E-state index contributed by atoms with van der Waals surface area (Å²) in [5.74, 6) is 0.217. The minimum absolute atomic E-state index is 0.0143. The molecule has 3 rings (SSSR count). The zero-order valence-electron chi connectivity index (χ0n) is 14.6. The molecule has 1 saturated carbocycles. The molecule has 1 heterocycles.